The lowest BCUT2D eigenvalue weighted by Crippen LogP contribution is -2.35. The standard InChI is InChI=1S/C17H24N2OS/c1-12(2)14-9-5-6-10-15(14)18-17(21)19-16(20)11-13-7-3-4-8-13/h5-6,9-10,12-13H,3-4,7-8,11H2,1-2H3,(H2,18,19,20,21). The number of para-hydroxylation sites is 1. The van der Waals surface area contributed by atoms with Crippen molar-refractivity contribution < 1.29 is 4.79 Å². The van der Waals surface area contributed by atoms with Gasteiger partial charge >= 0.3 is 0 Å². The van der Waals surface area contributed by atoms with Crippen LogP contribution in [0.1, 0.15) is 57.4 Å². The van der Waals surface area contributed by atoms with Crippen molar-refractivity contribution in [2.45, 2.75) is 51.9 Å². The van der Waals surface area contributed by atoms with E-state index in [4.69, 9.17) is 12.2 Å². The average molecular weight is 304 g/mol. The summed E-state index contributed by atoms with van der Waals surface area (Å²) >= 11 is 5.26. The Morgan fingerprint density at radius 3 is 2.62 bits per heavy atom. The number of carbonyl (C=O) groups is 1. The third kappa shape index (κ3) is 4.81. The molecule has 0 spiro atoms. The first-order valence-corrected chi connectivity index (χ1v) is 8.17. The maximum Gasteiger partial charge on any atom is 0.226 e. The predicted octanol–water partition coefficient (Wildman–Crippen LogP) is 4.20. The van der Waals surface area contributed by atoms with Gasteiger partial charge in [0.2, 0.25) is 5.91 Å². The van der Waals surface area contributed by atoms with Gasteiger partial charge in [-0.25, -0.2) is 0 Å². The highest BCUT2D eigenvalue weighted by Gasteiger charge is 2.19. The molecule has 21 heavy (non-hydrogen) atoms. The second kappa shape index (κ2) is 7.55. The van der Waals surface area contributed by atoms with Gasteiger partial charge in [-0.15, -0.1) is 0 Å². The highest BCUT2D eigenvalue weighted by atomic mass is 32.1. The van der Waals surface area contributed by atoms with Crippen molar-refractivity contribution >= 4 is 28.9 Å². The van der Waals surface area contributed by atoms with Gasteiger partial charge in [-0.1, -0.05) is 44.9 Å². The Morgan fingerprint density at radius 1 is 1.29 bits per heavy atom. The first-order valence-electron chi connectivity index (χ1n) is 7.76. The summed E-state index contributed by atoms with van der Waals surface area (Å²) in [5, 5.41) is 6.34. The van der Waals surface area contributed by atoms with E-state index in [1.807, 2.05) is 18.2 Å². The van der Waals surface area contributed by atoms with Gasteiger partial charge in [-0.3, -0.25) is 4.79 Å². The molecular weight excluding hydrogens is 280 g/mol. The maximum absolute atomic E-state index is 12.0. The molecular formula is C17H24N2OS. The van der Waals surface area contributed by atoms with Crippen molar-refractivity contribution in [2.75, 3.05) is 5.32 Å². The van der Waals surface area contributed by atoms with Crippen molar-refractivity contribution in [1.29, 1.82) is 0 Å². The molecule has 2 N–H and O–H groups in total. The summed E-state index contributed by atoms with van der Waals surface area (Å²) in [4.78, 5) is 12.0. The van der Waals surface area contributed by atoms with Gasteiger partial charge in [0.05, 0.1) is 0 Å². The van der Waals surface area contributed by atoms with E-state index in [1.54, 1.807) is 0 Å². The van der Waals surface area contributed by atoms with Crippen molar-refractivity contribution in [3.63, 3.8) is 0 Å². The van der Waals surface area contributed by atoms with Crippen LogP contribution in [0.5, 0.6) is 0 Å². The molecule has 0 saturated heterocycles. The van der Waals surface area contributed by atoms with E-state index >= 15 is 0 Å². The van der Waals surface area contributed by atoms with E-state index in [-0.39, 0.29) is 5.91 Å². The highest BCUT2D eigenvalue weighted by Crippen LogP contribution is 2.27. The molecule has 0 bridgehead atoms. The van der Waals surface area contributed by atoms with Crippen LogP contribution in [0.15, 0.2) is 24.3 Å². The van der Waals surface area contributed by atoms with Gasteiger partial charge in [-0.2, -0.15) is 0 Å². The van der Waals surface area contributed by atoms with Crippen LogP contribution in [0.2, 0.25) is 0 Å². The minimum Gasteiger partial charge on any atom is -0.332 e. The third-order valence-electron chi connectivity index (χ3n) is 4.03. The first kappa shape index (κ1) is 16.0. The fraction of sp³-hybridized carbons (Fsp3) is 0.529. The minimum atomic E-state index is 0.0291. The monoisotopic (exact) mass is 304 g/mol. The Bertz CT molecular complexity index is 507. The molecule has 1 aromatic carbocycles. The molecule has 0 heterocycles. The Balaban J connectivity index is 1.88. The summed E-state index contributed by atoms with van der Waals surface area (Å²) in [5.41, 5.74) is 2.17. The second-order valence-corrected chi connectivity index (χ2v) is 6.51. The zero-order valence-corrected chi connectivity index (χ0v) is 13.6. The summed E-state index contributed by atoms with van der Waals surface area (Å²) in [6.07, 6.45) is 5.44. The van der Waals surface area contributed by atoms with Crippen LogP contribution in [0.3, 0.4) is 0 Å². The molecule has 4 heteroatoms. The molecule has 1 fully saturated rings. The average Bonchev–Trinajstić information content (AvgIpc) is 2.91. The number of nitrogens with one attached hydrogen (secondary N) is 2. The highest BCUT2D eigenvalue weighted by molar-refractivity contribution is 7.80. The Labute approximate surface area is 132 Å². The molecule has 1 aromatic rings. The zero-order valence-electron chi connectivity index (χ0n) is 12.8. The lowest BCUT2D eigenvalue weighted by atomic mass is 10.0. The zero-order chi connectivity index (χ0) is 15.2. The van der Waals surface area contributed by atoms with E-state index in [2.05, 4.69) is 30.5 Å². The SMILES string of the molecule is CC(C)c1ccccc1NC(=S)NC(=O)CC1CCCC1. The van der Waals surface area contributed by atoms with Crippen LogP contribution < -0.4 is 10.6 Å². The minimum absolute atomic E-state index is 0.0291. The van der Waals surface area contributed by atoms with Crippen LogP contribution in [-0.4, -0.2) is 11.0 Å². The van der Waals surface area contributed by atoms with Crippen LogP contribution in [0.4, 0.5) is 5.69 Å². The largest absolute Gasteiger partial charge is 0.332 e. The number of hydrogen-bond acceptors (Lipinski definition) is 2. The quantitative estimate of drug-likeness (QED) is 0.819. The van der Waals surface area contributed by atoms with Gasteiger partial charge < -0.3 is 10.6 Å². The van der Waals surface area contributed by atoms with E-state index in [1.165, 1.54) is 31.2 Å². The molecule has 1 aliphatic carbocycles. The van der Waals surface area contributed by atoms with Gasteiger partial charge in [-0.05, 0) is 48.5 Å². The summed E-state index contributed by atoms with van der Waals surface area (Å²) in [7, 11) is 0. The van der Waals surface area contributed by atoms with Crippen molar-refractivity contribution in [2.24, 2.45) is 5.92 Å². The van der Waals surface area contributed by atoms with Gasteiger partial charge in [0, 0.05) is 12.1 Å². The van der Waals surface area contributed by atoms with Crippen LogP contribution in [-0.2, 0) is 4.79 Å². The third-order valence-corrected chi connectivity index (χ3v) is 4.24. The van der Waals surface area contributed by atoms with Gasteiger partial charge in [0.1, 0.15) is 0 Å². The van der Waals surface area contributed by atoms with Crippen LogP contribution in [0.25, 0.3) is 0 Å². The number of rotatable bonds is 4. The van der Waals surface area contributed by atoms with E-state index in [0.29, 0.717) is 23.4 Å². The molecule has 1 saturated carbocycles. The number of benzene rings is 1. The fourth-order valence-corrected chi connectivity index (χ4v) is 3.15. The van der Waals surface area contributed by atoms with Crippen molar-refractivity contribution in [3.8, 4) is 0 Å². The fourth-order valence-electron chi connectivity index (χ4n) is 2.92. The molecule has 2 rings (SSSR count). The lowest BCUT2D eigenvalue weighted by molar-refractivity contribution is -0.120. The normalized spacial score (nSPS) is 15.2. The molecule has 0 aromatic heterocycles. The van der Waals surface area contributed by atoms with E-state index < -0.39 is 0 Å². The molecule has 114 valence electrons. The molecule has 0 aliphatic heterocycles. The topological polar surface area (TPSA) is 41.1 Å². The number of anilines is 1. The number of carbonyl (C=O) groups excluding carboxylic acids is 1. The molecule has 3 nitrogen and oxygen atoms in total. The van der Waals surface area contributed by atoms with Gasteiger partial charge in [0.15, 0.2) is 5.11 Å². The predicted molar refractivity (Wildman–Crippen MR) is 91.5 cm³/mol. The van der Waals surface area contributed by atoms with Crippen LogP contribution >= 0.6 is 12.2 Å². The Kier molecular flexibility index (Phi) is 5.74. The van der Waals surface area contributed by atoms with E-state index in [0.717, 1.165) is 5.69 Å². The lowest BCUT2D eigenvalue weighted by Gasteiger charge is -2.16. The number of amides is 1. The Hall–Kier alpha value is -1.42. The molecule has 1 aliphatic rings. The van der Waals surface area contributed by atoms with Gasteiger partial charge in [0.25, 0.3) is 0 Å². The van der Waals surface area contributed by atoms with E-state index in [9.17, 15) is 4.79 Å². The number of thiocarbonyl (C=S) groups is 1. The van der Waals surface area contributed by atoms with Crippen LogP contribution in [0, 0.1) is 5.92 Å². The summed E-state index contributed by atoms with van der Waals surface area (Å²) in [6.45, 7) is 4.28. The maximum atomic E-state index is 12.0. The second-order valence-electron chi connectivity index (χ2n) is 6.10. The van der Waals surface area contributed by atoms with Crippen molar-refractivity contribution in [3.05, 3.63) is 29.8 Å². The molecule has 1 amide bonds. The number of hydrogen-bond donors (Lipinski definition) is 2. The molecule has 0 radical (unpaired) electrons. The molecule has 0 atom stereocenters. The first-order chi connectivity index (χ1) is 10.1. The van der Waals surface area contributed by atoms with Crippen molar-refractivity contribution in [1.82, 2.24) is 5.32 Å². The Morgan fingerprint density at radius 2 is 1.95 bits per heavy atom. The summed E-state index contributed by atoms with van der Waals surface area (Å²) in [5.74, 6) is 0.975. The smallest absolute Gasteiger partial charge is 0.226 e. The summed E-state index contributed by atoms with van der Waals surface area (Å²) < 4.78 is 0. The summed E-state index contributed by atoms with van der Waals surface area (Å²) in [6, 6.07) is 8.06. The molecule has 0 unspecified atom stereocenters.